The van der Waals surface area contributed by atoms with Crippen LogP contribution in [0.1, 0.15) is 23.2 Å². The van der Waals surface area contributed by atoms with Crippen LogP contribution in [0.25, 0.3) is 22.0 Å². The zero-order chi connectivity index (χ0) is 23.7. The van der Waals surface area contributed by atoms with Crippen molar-refractivity contribution in [3.8, 4) is 17.0 Å². The molecule has 0 saturated carbocycles. The number of rotatable bonds is 6. The molecular formula is C25H23N3O4S2. The Morgan fingerprint density at radius 3 is 2.50 bits per heavy atom. The minimum absolute atomic E-state index is 0.200. The zero-order valence-electron chi connectivity index (χ0n) is 18.5. The van der Waals surface area contributed by atoms with Crippen molar-refractivity contribution in [2.75, 3.05) is 25.5 Å². The number of fused-ring (bicyclic) bond motifs is 1. The summed E-state index contributed by atoms with van der Waals surface area (Å²) in [5.74, 6) is 0.354. The lowest BCUT2D eigenvalue weighted by molar-refractivity contribution is 0.102. The lowest BCUT2D eigenvalue weighted by Gasteiger charge is -2.15. The molecule has 2 heterocycles. The van der Waals surface area contributed by atoms with Gasteiger partial charge in [-0.1, -0.05) is 30.3 Å². The first-order chi connectivity index (χ1) is 16.5. The third kappa shape index (κ3) is 4.18. The summed E-state index contributed by atoms with van der Waals surface area (Å²) >= 11 is 1.32. The summed E-state index contributed by atoms with van der Waals surface area (Å²) in [6.07, 6.45) is 1.75. The summed E-state index contributed by atoms with van der Waals surface area (Å²) in [7, 11) is -1.89. The third-order valence-corrected chi connectivity index (χ3v) is 8.58. The van der Waals surface area contributed by atoms with E-state index in [-0.39, 0.29) is 10.8 Å². The standard InChI is InChI=1S/C25H23N3O4S2/c1-32-22-13-10-17-6-2-3-7-20(17)23(22)21-16-33-25(26-21)27-24(29)18-8-11-19(12-9-18)34(30,31)28-14-4-5-15-28/h2-3,6-13,16H,4-5,14-15H2,1H3,(H,26,27,29). The molecule has 34 heavy (non-hydrogen) atoms. The lowest BCUT2D eigenvalue weighted by atomic mass is 10.0. The molecule has 3 aromatic carbocycles. The second-order valence-electron chi connectivity index (χ2n) is 7.99. The molecule has 1 aromatic heterocycles. The Hall–Kier alpha value is -3.27. The topological polar surface area (TPSA) is 88.6 Å². The monoisotopic (exact) mass is 493 g/mol. The van der Waals surface area contributed by atoms with E-state index in [0.717, 1.165) is 29.2 Å². The van der Waals surface area contributed by atoms with Gasteiger partial charge in [0.2, 0.25) is 10.0 Å². The van der Waals surface area contributed by atoms with Crippen molar-refractivity contribution in [2.24, 2.45) is 0 Å². The van der Waals surface area contributed by atoms with Crippen LogP contribution in [0.5, 0.6) is 5.75 Å². The molecule has 174 valence electrons. The molecule has 1 N–H and O–H groups in total. The van der Waals surface area contributed by atoms with Crippen molar-refractivity contribution >= 4 is 43.2 Å². The maximum Gasteiger partial charge on any atom is 0.257 e. The van der Waals surface area contributed by atoms with Gasteiger partial charge < -0.3 is 4.74 Å². The van der Waals surface area contributed by atoms with E-state index in [1.807, 2.05) is 41.8 Å². The zero-order valence-corrected chi connectivity index (χ0v) is 20.2. The van der Waals surface area contributed by atoms with E-state index in [9.17, 15) is 13.2 Å². The number of nitrogens with one attached hydrogen (secondary N) is 1. The quantitative estimate of drug-likeness (QED) is 0.408. The Bertz CT molecular complexity index is 1460. The van der Waals surface area contributed by atoms with Gasteiger partial charge in [-0.25, -0.2) is 13.4 Å². The fourth-order valence-electron chi connectivity index (χ4n) is 4.16. The Balaban J connectivity index is 1.37. The second kappa shape index (κ2) is 9.17. The molecule has 1 aliphatic heterocycles. The summed E-state index contributed by atoms with van der Waals surface area (Å²) in [5, 5.41) is 7.23. The maximum atomic E-state index is 12.8. The molecule has 4 aromatic rings. The predicted molar refractivity (Wildman–Crippen MR) is 134 cm³/mol. The molecule has 1 fully saturated rings. The van der Waals surface area contributed by atoms with Gasteiger partial charge in [0.1, 0.15) is 5.75 Å². The average molecular weight is 494 g/mol. The molecule has 0 atom stereocenters. The number of amides is 1. The van der Waals surface area contributed by atoms with Crippen LogP contribution >= 0.6 is 11.3 Å². The van der Waals surface area contributed by atoms with Crippen molar-refractivity contribution < 1.29 is 17.9 Å². The predicted octanol–water partition coefficient (Wildman–Crippen LogP) is 5.01. The van der Waals surface area contributed by atoms with Gasteiger partial charge in [-0.2, -0.15) is 4.31 Å². The molecule has 0 radical (unpaired) electrons. The molecule has 0 aliphatic carbocycles. The fraction of sp³-hybridized carbons (Fsp3) is 0.200. The number of anilines is 1. The number of methoxy groups -OCH3 is 1. The Morgan fingerprint density at radius 1 is 1.03 bits per heavy atom. The van der Waals surface area contributed by atoms with Crippen molar-refractivity contribution in [2.45, 2.75) is 17.7 Å². The van der Waals surface area contributed by atoms with Crippen molar-refractivity contribution in [1.82, 2.24) is 9.29 Å². The van der Waals surface area contributed by atoms with Gasteiger partial charge in [0.25, 0.3) is 5.91 Å². The summed E-state index contributed by atoms with van der Waals surface area (Å²) in [6, 6.07) is 17.9. The van der Waals surface area contributed by atoms with Gasteiger partial charge in [0.15, 0.2) is 5.13 Å². The first kappa shape index (κ1) is 22.5. The Kier molecular flexibility index (Phi) is 6.07. The molecule has 7 nitrogen and oxygen atoms in total. The number of sulfonamides is 1. The summed E-state index contributed by atoms with van der Waals surface area (Å²) in [6.45, 7) is 1.08. The van der Waals surface area contributed by atoms with Crippen molar-refractivity contribution in [1.29, 1.82) is 0 Å². The largest absolute Gasteiger partial charge is 0.496 e. The van der Waals surface area contributed by atoms with Gasteiger partial charge in [-0.05, 0) is 53.9 Å². The van der Waals surface area contributed by atoms with Crippen LogP contribution in [0.4, 0.5) is 5.13 Å². The van der Waals surface area contributed by atoms with Crippen LogP contribution in [0.15, 0.2) is 70.9 Å². The molecule has 0 unspecified atom stereocenters. The SMILES string of the molecule is COc1ccc2ccccc2c1-c1csc(NC(=O)c2ccc(S(=O)(=O)N3CCCC3)cc2)n1. The van der Waals surface area contributed by atoms with Gasteiger partial charge >= 0.3 is 0 Å². The van der Waals surface area contributed by atoms with E-state index >= 15 is 0 Å². The van der Waals surface area contributed by atoms with Crippen LogP contribution in [-0.4, -0.2) is 43.8 Å². The highest BCUT2D eigenvalue weighted by Crippen LogP contribution is 2.38. The third-order valence-electron chi connectivity index (χ3n) is 5.91. The van der Waals surface area contributed by atoms with Gasteiger partial charge in [0.05, 0.1) is 23.3 Å². The minimum atomic E-state index is -3.51. The number of hydrogen-bond acceptors (Lipinski definition) is 6. The maximum absolute atomic E-state index is 12.8. The number of ether oxygens (including phenoxy) is 1. The van der Waals surface area contributed by atoms with Crippen LogP contribution < -0.4 is 10.1 Å². The van der Waals surface area contributed by atoms with E-state index in [2.05, 4.69) is 10.3 Å². The summed E-state index contributed by atoms with van der Waals surface area (Å²) in [4.78, 5) is 17.6. The molecule has 1 amide bonds. The Morgan fingerprint density at radius 2 is 1.76 bits per heavy atom. The fourth-order valence-corrected chi connectivity index (χ4v) is 6.37. The molecule has 1 saturated heterocycles. The van der Waals surface area contributed by atoms with Crippen LogP contribution in [0, 0.1) is 0 Å². The normalized spacial score (nSPS) is 14.4. The summed E-state index contributed by atoms with van der Waals surface area (Å²) < 4.78 is 32.4. The van der Waals surface area contributed by atoms with Crippen molar-refractivity contribution in [3.63, 3.8) is 0 Å². The number of carbonyl (C=O) groups is 1. The highest BCUT2D eigenvalue weighted by Gasteiger charge is 2.27. The van der Waals surface area contributed by atoms with Gasteiger partial charge in [-0.15, -0.1) is 11.3 Å². The number of hydrogen-bond donors (Lipinski definition) is 1. The number of carbonyl (C=O) groups excluding carboxylic acids is 1. The first-order valence-electron chi connectivity index (χ1n) is 10.9. The Labute approximate surface area is 202 Å². The minimum Gasteiger partial charge on any atom is -0.496 e. The number of benzene rings is 3. The molecule has 5 rings (SSSR count). The van der Waals surface area contributed by atoms with Crippen LogP contribution in [-0.2, 0) is 10.0 Å². The van der Waals surface area contributed by atoms with Gasteiger partial charge in [0, 0.05) is 24.0 Å². The molecule has 1 aliphatic rings. The van der Waals surface area contributed by atoms with Gasteiger partial charge in [-0.3, -0.25) is 10.1 Å². The van der Waals surface area contributed by atoms with Crippen molar-refractivity contribution in [3.05, 3.63) is 71.6 Å². The van der Waals surface area contributed by atoms with E-state index in [1.165, 1.54) is 39.9 Å². The smallest absolute Gasteiger partial charge is 0.257 e. The molecule has 9 heteroatoms. The van der Waals surface area contributed by atoms with E-state index < -0.39 is 10.0 Å². The number of aromatic nitrogens is 1. The van der Waals surface area contributed by atoms with E-state index in [0.29, 0.717) is 35.2 Å². The first-order valence-corrected chi connectivity index (χ1v) is 13.2. The lowest BCUT2D eigenvalue weighted by Crippen LogP contribution is -2.27. The van der Waals surface area contributed by atoms with Crippen LogP contribution in [0.3, 0.4) is 0 Å². The molecular weight excluding hydrogens is 470 g/mol. The number of nitrogens with zero attached hydrogens (tertiary/aromatic N) is 2. The average Bonchev–Trinajstić information content (AvgIpc) is 3.56. The second-order valence-corrected chi connectivity index (χ2v) is 10.8. The van der Waals surface area contributed by atoms with E-state index in [1.54, 1.807) is 7.11 Å². The summed E-state index contributed by atoms with van der Waals surface area (Å²) in [5.41, 5.74) is 1.94. The molecule has 0 bridgehead atoms. The van der Waals surface area contributed by atoms with E-state index in [4.69, 9.17) is 4.74 Å². The highest BCUT2D eigenvalue weighted by atomic mass is 32.2. The molecule has 0 spiro atoms. The van der Waals surface area contributed by atoms with Crippen LogP contribution in [0.2, 0.25) is 0 Å². The highest BCUT2D eigenvalue weighted by molar-refractivity contribution is 7.89. The number of thiazole rings is 1.